The van der Waals surface area contributed by atoms with Crippen molar-refractivity contribution in [2.75, 3.05) is 13.1 Å². The van der Waals surface area contributed by atoms with E-state index in [9.17, 15) is 4.79 Å². The molecule has 1 amide bonds. The first-order valence-electron chi connectivity index (χ1n) is 8.91. The van der Waals surface area contributed by atoms with Gasteiger partial charge in [-0.1, -0.05) is 28.4 Å². The smallest absolute Gasteiger partial charge is 0.230 e. The predicted molar refractivity (Wildman–Crippen MR) is 103 cm³/mol. The molecule has 0 saturated carbocycles. The summed E-state index contributed by atoms with van der Waals surface area (Å²) in [6.45, 7) is 1.28. The van der Waals surface area contributed by atoms with Gasteiger partial charge in [-0.3, -0.25) is 9.48 Å². The maximum absolute atomic E-state index is 12.4. The topological polar surface area (TPSA) is 89.9 Å². The highest BCUT2D eigenvalue weighted by Crippen LogP contribution is 2.31. The van der Waals surface area contributed by atoms with E-state index >= 15 is 0 Å². The highest BCUT2D eigenvalue weighted by atomic mass is 35.5. The second-order valence-electron chi connectivity index (χ2n) is 6.75. The Bertz CT molecular complexity index is 994. The molecule has 1 aromatic carbocycles. The molecule has 0 radical (unpaired) electrons. The van der Waals surface area contributed by atoms with Crippen LogP contribution >= 0.6 is 23.2 Å². The molecule has 0 bridgehead atoms. The Hall–Kier alpha value is -2.45. The van der Waals surface area contributed by atoms with Gasteiger partial charge in [-0.2, -0.15) is 10.1 Å². The number of amides is 1. The van der Waals surface area contributed by atoms with Crippen LogP contribution in [0.3, 0.4) is 0 Å². The van der Waals surface area contributed by atoms with E-state index in [-0.39, 0.29) is 18.2 Å². The monoisotopic (exact) mass is 420 g/mol. The molecular formula is C18H18Cl2N6O2. The van der Waals surface area contributed by atoms with Gasteiger partial charge in [-0.25, -0.2) is 4.98 Å². The van der Waals surface area contributed by atoms with Crippen molar-refractivity contribution in [3.63, 3.8) is 0 Å². The third kappa shape index (κ3) is 4.02. The molecule has 0 unspecified atom stereocenters. The van der Waals surface area contributed by atoms with Crippen LogP contribution in [0.5, 0.6) is 0 Å². The molecule has 0 aliphatic carbocycles. The Balaban J connectivity index is 1.37. The highest BCUT2D eigenvalue weighted by Gasteiger charge is 2.28. The fourth-order valence-corrected chi connectivity index (χ4v) is 3.54. The average molecular weight is 421 g/mol. The van der Waals surface area contributed by atoms with E-state index in [0.717, 1.165) is 18.4 Å². The van der Waals surface area contributed by atoms with Crippen LogP contribution in [0, 0.1) is 0 Å². The maximum atomic E-state index is 12.4. The van der Waals surface area contributed by atoms with Gasteiger partial charge in [0.1, 0.15) is 6.33 Å². The standard InChI is InChI=1S/C18H18Cl2N6O2/c1-25-10-21-15(23-25)9-16(27)26-6-4-11(5-7-26)18-22-17(24-28-18)12-2-3-13(19)14(20)8-12/h2-3,8,10-11H,4-7,9H2,1H3. The highest BCUT2D eigenvalue weighted by molar-refractivity contribution is 6.42. The molecule has 0 atom stereocenters. The minimum absolute atomic E-state index is 0.0340. The number of hydrogen-bond acceptors (Lipinski definition) is 6. The van der Waals surface area contributed by atoms with Crippen molar-refractivity contribution in [1.82, 2.24) is 29.8 Å². The number of aryl methyl sites for hydroxylation is 1. The lowest BCUT2D eigenvalue weighted by Gasteiger charge is -2.30. The zero-order valence-electron chi connectivity index (χ0n) is 15.2. The van der Waals surface area contributed by atoms with Gasteiger partial charge in [0, 0.05) is 31.6 Å². The second kappa shape index (κ2) is 7.89. The summed E-state index contributed by atoms with van der Waals surface area (Å²) in [4.78, 5) is 22.9. The molecular weight excluding hydrogens is 403 g/mol. The summed E-state index contributed by atoms with van der Waals surface area (Å²) in [6.07, 6.45) is 3.35. The van der Waals surface area contributed by atoms with E-state index in [0.29, 0.717) is 40.7 Å². The Kier molecular flexibility index (Phi) is 5.32. The molecule has 10 heteroatoms. The summed E-state index contributed by atoms with van der Waals surface area (Å²) < 4.78 is 7.05. The molecule has 8 nitrogen and oxygen atoms in total. The molecule has 0 spiro atoms. The van der Waals surface area contributed by atoms with E-state index in [1.165, 1.54) is 0 Å². The quantitative estimate of drug-likeness (QED) is 0.643. The fraction of sp³-hybridized carbons (Fsp3) is 0.389. The van der Waals surface area contributed by atoms with Crippen LogP contribution in [0.1, 0.15) is 30.5 Å². The molecule has 1 aliphatic heterocycles. The van der Waals surface area contributed by atoms with Crippen LogP contribution in [-0.4, -0.2) is 48.8 Å². The number of carbonyl (C=O) groups is 1. The van der Waals surface area contributed by atoms with Crippen molar-refractivity contribution in [1.29, 1.82) is 0 Å². The van der Waals surface area contributed by atoms with Gasteiger partial charge >= 0.3 is 0 Å². The van der Waals surface area contributed by atoms with E-state index in [2.05, 4.69) is 20.2 Å². The van der Waals surface area contributed by atoms with Crippen LogP contribution in [-0.2, 0) is 18.3 Å². The summed E-state index contributed by atoms with van der Waals surface area (Å²) in [5.74, 6) is 1.76. The third-order valence-electron chi connectivity index (χ3n) is 4.77. The van der Waals surface area contributed by atoms with Gasteiger partial charge in [0.05, 0.1) is 16.5 Å². The zero-order chi connectivity index (χ0) is 19.7. The van der Waals surface area contributed by atoms with Crippen LogP contribution in [0.25, 0.3) is 11.4 Å². The van der Waals surface area contributed by atoms with E-state index in [4.69, 9.17) is 27.7 Å². The number of benzene rings is 1. The fourth-order valence-electron chi connectivity index (χ4n) is 3.24. The van der Waals surface area contributed by atoms with Gasteiger partial charge in [-0.15, -0.1) is 0 Å². The van der Waals surface area contributed by atoms with Crippen molar-refractivity contribution in [3.8, 4) is 11.4 Å². The first-order chi connectivity index (χ1) is 13.5. The SMILES string of the molecule is Cn1cnc(CC(=O)N2CCC(c3nc(-c4ccc(Cl)c(Cl)c4)no3)CC2)n1. The third-order valence-corrected chi connectivity index (χ3v) is 5.51. The maximum Gasteiger partial charge on any atom is 0.230 e. The summed E-state index contributed by atoms with van der Waals surface area (Å²) in [5, 5.41) is 9.14. The molecule has 3 heterocycles. The Labute approximate surface area is 171 Å². The van der Waals surface area contributed by atoms with Gasteiger partial charge < -0.3 is 9.42 Å². The number of piperidine rings is 1. The first kappa shape index (κ1) is 18.9. The minimum Gasteiger partial charge on any atom is -0.342 e. The van der Waals surface area contributed by atoms with Gasteiger partial charge in [0.25, 0.3) is 0 Å². The average Bonchev–Trinajstić information content (AvgIpc) is 3.33. The van der Waals surface area contributed by atoms with Gasteiger partial charge in [0.15, 0.2) is 5.82 Å². The lowest BCUT2D eigenvalue weighted by molar-refractivity contribution is -0.131. The number of carbonyl (C=O) groups excluding carboxylic acids is 1. The molecule has 146 valence electrons. The molecule has 28 heavy (non-hydrogen) atoms. The molecule has 1 aliphatic rings. The van der Waals surface area contributed by atoms with Crippen molar-refractivity contribution in [3.05, 3.63) is 46.3 Å². The number of halogens is 2. The second-order valence-corrected chi connectivity index (χ2v) is 7.57. The molecule has 0 N–H and O–H groups in total. The number of nitrogens with zero attached hydrogens (tertiary/aromatic N) is 6. The van der Waals surface area contributed by atoms with Gasteiger partial charge in [-0.05, 0) is 31.0 Å². The summed E-state index contributed by atoms with van der Waals surface area (Å²) in [6, 6.07) is 5.22. The summed E-state index contributed by atoms with van der Waals surface area (Å²) in [7, 11) is 1.78. The van der Waals surface area contributed by atoms with Crippen molar-refractivity contribution < 1.29 is 9.32 Å². The Morgan fingerprint density at radius 2 is 2.04 bits per heavy atom. The van der Waals surface area contributed by atoms with E-state index in [1.807, 2.05) is 4.90 Å². The normalized spacial score (nSPS) is 15.2. The molecule has 2 aromatic heterocycles. The van der Waals surface area contributed by atoms with Crippen LogP contribution in [0.15, 0.2) is 29.0 Å². The lowest BCUT2D eigenvalue weighted by Crippen LogP contribution is -2.39. The minimum atomic E-state index is 0.0340. The summed E-state index contributed by atoms with van der Waals surface area (Å²) in [5.41, 5.74) is 0.750. The van der Waals surface area contributed by atoms with E-state index < -0.39 is 0 Å². The largest absolute Gasteiger partial charge is 0.342 e. The van der Waals surface area contributed by atoms with Crippen molar-refractivity contribution in [2.24, 2.45) is 7.05 Å². The first-order valence-corrected chi connectivity index (χ1v) is 9.66. The van der Waals surface area contributed by atoms with Crippen molar-refractivity contribution >= 4 is 29.1 Å². The number of likely N-dealkylation sites (tertiary alicyclic amines) is 1. The zero-order valence-corrected chi connectivity index (χ0v) is 16.7. The number of hydrogen-bond donors (Lipinski definition) is 0. The van der Waals surface area contributed by atoms with E-state index in [1.54, 1.807) is 36.3 Å². The van der Waals surface area contributed by atoms with Crippen LogP contribution in [0.2, 0.25) is 10.0 Å². The van der Waals surface area contributed by atoms with Crippen LogP contribution < -0.4 is 0 Å². The van der Waals surface area contributed by atoms with Crippen molar-refractivity contribution in [2.45, 2.75) is 25.2 Å². The van der Waals surface area contributed by atoms with Crippen LogP contribution in [0.4, 0.5) is 0 Å². The summed E-state index contributed by atoms with van der Waals surface area (Å²) >= 11 is 12.0. The predicted octanol–water partition coefficient (Wildman–Crippen LogP) is 3.12. The Morgan fingerprint density at radius 1 is 1.25 bits per heavy atom. The van der Waals surface area contributed by atoms with Gasteiger partial charge in [0.2, 0.25) is 17.6 Å². The molecule has 1 saturated heterocycles. The number of rotatable bonds is 4. The molecule has 3 aromatic rings. The molecule has 4 rings (SSSR count). The number of aromatic nitrogens is 5. The Morgan fingerprint density at radius 3 is 2.71 bits per heavy atom. The molecule has 1 fully saturated rings. The lowest BCUT2D eigenvalue weighted by atomic mass is 9.96.